The number of carbonyl (C=O) groups is 1. The fourth-order valence-corrected chi connectivity index (χ4v) is 1.46. The first kappa shape index (κ1) is 11.4. The number of rotatable bonds is 4. The molecule has 4 heteroatoms. The molecule has 0 unspecified atom stereocenters. The molecule has 0 saturated heterocycles. The number of oxazole rings is 1. The molecule has 1 aromatic carbocycles. The van der Waals surface area contributed by atoms with E-state index in [0.29, 0.717) is 12.2 Å². The molecule has 0 aliphatic heterocycles. The van der Waals surface area contributed by atoms with Crippen molar-refractivity contribution in [2.45, 2.75) is 19.9 Å². The number of carbonyl (C=O) groups excluding carboxylic acids is 1. The second-order valence-corrected chi connectivity index (χ2v) is 3.92. The molecule has 17 heavy (non-hydrogen) atoms. The van der Waals surface area contributed by atoms with Gasteiger partial charge in [-0.05, 0) is 12.5 Å². The molecule has 4 nitrogen and oxygen atoms in total. The fourth-order valence-electron chi connectivity index (χ4n) is 1.46. The molecule has 0 bridgehead atoms. The molecule has 0 saturated carbocycles. The van der Waals surface area contributed by atoms with Crippen LogP contribution in [-0.4, -0.2) is 10.9 Å². The molecule has 1 amide bonds. The van der Waals surface area contributed by atoms with Gasteiger partial charge in [-0.25, -0.2) is 4.98 Å². The van der Waals surface area contributed by atoms with Crippen molar-refractivity contribution in [2.24, 2.45) is 0 Å². The van der Waals surface area contributed by atoms with Crippen molar-refractivity contribution in [3.8, 4) is 0 Å². The monoisotopic (exact) mass is 230 g/mol. The van der Waals surface area contributed by atoms with Gasteiger partial charge in [0, 0.05) is 6.54 Å². The Hall–Kier alpha value is -2.10. The van der Waals surface area contributed by atoms with Gasteiger partial charge in [-0.3, -0.25) is 4.79 Å². The zero-order valence-electron chi connectivity index (χ0n) is 9.64. The molecule has 2 rings (SSSR count). The van der Waals surface area contributed by atoms with Crippen molar-refractivity contribution in [3.05, 3.63) is 53.7 Å². The number of nitrogens with one attached hydrogen (secondary N) is 1. The summed E-state index contributed by atoms with van der Waals surface area (Å²) >= 11 is 0. The maximum atomic E-state index is 11.6. The third-order valence-corrected chi connectivity index (χ3v) is 2.44. The van der Waals surface area contributed by atoms with Gasteiger partial charge in [0.1, 0.15) is 6.26 Å². The van der Waals surface area contributed by atoms with Crippen LogP contribution in [-0.2, 0) is 17.8 Å². The highest BCUT2D eigenvalue weighted by atomic mass is 16.3. The molecule has 0 aliphatic carbocycles. The zero-order chi connectivity index (χ0) is 12.1. The Morgan fingerprint density at radius 3 is 2.76 bits per heavy atom. The highest BCUT2D eigenvalue weighted by molar-refractivity contribution is 5.77. The summed E-state index contributed by atoms with van der Waals surface area (Å²) in [7, 11) is 0. The Labute approximate surface area is 99.7 Å². The maximum absolute atomic E-state index is 11.6. The number of hydrogen-bond donors (Lipinski definition) is 1. The number of amides is 1. The Balaban J connectivity index is 1.82. The summed E-state index contributed by atoms with van der Waals surface area (Å²) in [5.74, 6) is -0.0560. The number of aryl methyl sites for hydroxylation is 1. The van der Waals surface area contributed by atoms with Gasteiger partial charge in [-0.2, -0.15) is 0 Å². The Bertz CT molecular complexity index is 475. The van der Waals surface area contributed by atoms with Gasteiger partial charge in [0.2, 0.25) is 5.91 Å². The molecular weight excluding hydrogens is 216 g/mol. The lowest BCUT2D eigenvalue weighted by Gasteiger charge is -2.04. The second kappa shape index (κ2) is 5.30. The van der Waals surface area contributed by atoms with Gasteiger partial charge >= 0.3 is 0 Å². The van der Waals surface area contributed by atoms with E-state index >= 15 is 0 Å². The second-order valence-electron chi connectivity index (χ2n) is 3.92. The van der Waals surface area contributed by atoms with Crippen molar-refractivity contribution in [3.63, 3.8) is 0 Å². The summed E-state index contributed by atoms with van der Waals surface area (Å²) in [5, 5.41) is 2.84. The van der Waals surface area contributed by atoms with Crippen molar-refractivity contribution in [1.82, 2.24) is 10.3 Å². The minimum atomic E-state index is -0.0560. The van der Waals surface area contributed by atoms with Crippen LogP contribution in [0, 0.1) is 6.92 Å². The summed E-state index contributed by atoms with van der Waals surface area (Å²) in [6.45, 7) is 2.57. The van der Waals surface area contributed by atoms with Gasteiger partial charge in [0.05, 0.1) is 12.1 Å². The fraction of sp³-hybridized carbons (Fsp3) is 0.231. The van der Waals surface area contributed by atoms with E-state index in [0.717, 1.165) is 5.56 Å². The molecule has 1 N–H and O–H groups in total. The molecule has 0 fully saturated rings. The molecule has 0 spiro atoms. The third-order valence-electron chi connectivity index (χ3n) is 2.44. The Morgan fingerprint density at radius 1 is 1.35 bits per heavy atom. The van der Waals surface area contributed by atoms with Gasteiger partial charge in [0.15, 0.2) is 6.39 Å². The predicted molar refractivity (Wildman–Crippen MR) is 63.2 cm³/mol. The number of benzene rings is 1. The van der Waals surface area contributed by atoms with E-state index < -0.39 is 0 Å². The number of nitrogens with zero attached hydrogens (tertiary/aromatic N) is 1. The highest BCUT2D eigenvalue weighted by Gasteiger charge is 2.05. The lowest BCUT2D eigenvalue weighted by molar-refractivity contribution is -0.120. The predicted octanol–water partition coefficient (Wildman–Crippen LogP) is 1.84. The van der Waals surface area contributed by atoms with Gasteiger partial charge in [-0.15, -0.1) is 0 Å². The lowest BCUT2D eigenvalue weighted by atomic mass is 10.1. The van der Waals surface area contributed by atoms with E-state index in [4.69, 9.17) is 4.42 Å². The van der Waals surface area contributed by atoms with Crippen LogP contribution in [0.2, 0.25) is 0 Å². The molecule has 1 heterocycles. The topological polar surface area (TPSA) is 55.1 Å². The SMILES string of the molecule is Cc1ccc(CNC(=O)Cc2cocn2)cc1. The third kappa shape index (κ3) is 3.45. The van der Waals surface area contributed by atoms with Crippen molar-refractivity contribution < 1.29 is 9.21 Å². The van der Waals surface area contributed by atoms with Crippen LogP contribution in [0.15, 0.2) is 41.3 Å². The van der Waals surface area contributed by atoms with Gasteiger partial charge in [-0.1, -0.05) is 29.8 Å². The van der Waals surface area contributed by atoms with E-state index in [1.54, 1.807) is 0 Å². The smallest absolute Gasteiger partial charge is 0.226 e. The van der Waals surface area contributed by atoms with Crippen molar-refractivity contribution in [1.29, 1.82) is 0 Å². The Kier molecular flexibility index (Phi) is 3.55. The number of aromatic nitrogens is 1. The minimum absolute atomic E-state index is 0.0560. The van der Waals surface area contributed by atoms with Crippen molar-refractivity contribution >= 4 is 5.91 Å². The first-order chi connectivity index (χ1) is 8.24. The summed E-state index contributed by atoms with van der Waals surface area (Å²) in [4.78, 5) is 15.5. The molecule has 0 aliphatic rings. The van der Waals surface area contributed by atoms with Crippen LogP contribution in [0.4, 0.5) is 0 Å². The van der Waals surface area contributed by atoms with Gasteiger partial charge in [0.25, 0.3) is 0 Å². The van der Waals surface area contributed by atoms with E-state index in [-0.39, 0.29) is 12.3 Å². The van der Waals surface area contributed by atoms with E-state index in [9.17, 15) is 4.79 Å². The first-order valence-electron chi connectivity index (χ1n) is 5.43. The molecule has 0 radical (unpaired) electrons. The first-order valence-corrected chi connectivity index (χ1v) is 5.43. The van der Waals surface area contributed by atoms with Crippen LogP contribution in [0.1, 0.15) is 16.8 Å². The highest BCUT2D eigenvalue weighted by Crippen LogP contribution is 2.02. The summed E-state index contributed by atoms with van der Waals surface area (Å²) in [5.41, 5.74) is 2.94. The number of hydrogen-bond acceptors (Lipinski definition) is 3. The summed E-state index contributed by atoms with van der Waals surface area (Å²) < 4.78 is 4.80. The van der Waals surface area contributed by atoms with Crippen LogP contribution in [0.5, 0.6) is 0 Å². The lowest BCUT2D eigenvalue weighted by Crippen LogP contribution is -2.24. The average Bonchev–Trinajstić information content (AvgIpc) is 2.81. The molecule has 2 aromatic rings. The van der Waals surface area contributed by atoms with E-state index in [2.05, 4.69) is 10.3 Å². The molecule has 88 valence electrons. The van der Waals surface area contributed by atoms with Crippen molar-refractivity contribution in [2.75, 3.05) is 0 Å². The molecule has 0 atom stereocenters. The normalized spacial score (nSPS) is 10.2. The quantitative estimate of drug-likeness (QED) is 0.872. The van der Waals surface area contributed by atoms with Crippen LogP contribution in [0.3, 0.4) is 0 Å². The molecule has 1 aromatic heterocycles. The molecular formula is C13H14N2O2. The summed E-state index contributed by atoms with van der Waals surface area (Å²) in [6, 6.07) is 8.07. The van der Waals surface area contributed by atoms with E-state index in [1.165, 1.54) is 18.2 Å². The average molecular weight is 230 g/mol. The van der Waals surface area contributed by atoms with Crippen LogP contribution in [0.25, 0.3) is 0 Å². The Morgan fingerprint density at radius 2 is 2.12 bits per heavy atom. The maximum Gasteiger partial charge on any atom is 0.226 e. The zero-order valence-corrected chi connectivity index (χ0v) is 9.64. The summed E-state index contributed by atoms with van der Waals surface area (Å²) in [6.07, 6.45) is 3.05. The van der Waals surface area contributed by atoms with Crippen LogP contribution < -0.4 is 5.32 Å². The largest absolute Gasteiger partial charge is 0.451 e. The van der Waals surface area contributed by atoms with E-state index in [1.807, 2.05) is 31.2 Å². The minimum Gasteiger partial charge on any atom is -0.451 e. The van der Waals surface area contributed by atoms with Crippen LogP contribution >= 0.6 is 0 Å². The standard InChI is InChI=1S/C13H14N2O2/c1-10-2-4-11(5-3-10)7-14-13(16)6-12-8-17-9-15-12/h2-5,8-9H,6-7H2,1H3,(H,14,16). The van der Waals surface area contributed by atoms with Gasteiger partial charge < -0.3 is 9.73 Å².